The fourth-order valence-corrected chi connectivity index (χ4v) is 4.08. The third-order valence-electron chi connectivity index (χ3n) is 5.43. The molecule has 4 aromatic heterocycles. The van der Waals surface area contributed by atoms with Crippen molar-refractivity contribution in [3.05, 3.63) is 75.1 Å². The molecular formula is C22H19ClN6O2. The summed E-state index contributed by atoms with van der Waals surface area (Å²) in [4.78, 5) is 27.4. The molecule has 0 saturated carbocycles. The summed E-state index contributed by atoms with van der Waals surface area (Å²) in [6.45, 7) is 3.37. The van der Waals surface area contributed by atoms with Crippen molar-refractivity contribution >= 4 is 23.1 Å². The Morgan fingerprint density at radius 1 is 1.13 bits per heavy atom. The summed E-state index contributed by atoms with van der Waals surface area (Å²) in [6.07, 6.45) is 5.70. The van der Waals surface area contributed by atoms with E-state index in [4.69, 9.17) is 16.3 Å². The lowest BCUT2D eigenvalue weighted by molar-refractivity contribution is 0.398. The molecule has 1 aliphatic rings. The molecule has 0 bridgehead atoms. The molecule has 0 saturated heterocycles. The zero-order valence-corrected chi connectivity index (χ0v) is 17.8. The van der Waals surface area contributed by atoms with Crippen LogP contribution in [0.2, 0.25) is 5.02 Å². The maximum atomic E-state index is 12.2. The van der Waals surface area contributed by atoms with Gasteiger partial charge in [0.2, 0.25) is 5.88 Å². The number of halogens is 1. The molecule has 0 fully saturated rings. The lowest BCUT2D eigenvalue weighted by atomic mass is 10.0. The molecule has 0 spiro atoms. The summed E-state index contributed by atoms with van der Waals surface area (Å²) in [5.41, 5.74) is 5.16. The van der Waals surface area contributed by atoms with E-state index in [1.165, 1.54) is 16.8 Å². The van der Waals surface area contributed by atoms with E-state index in [1.54, 1.807) is 19.4 Å². The van der Waals surface area contributed by atoms with Gasteiger partial charge in [-0.2, -0.15) is 4.52 Å². The second-order valence-electron chi connectivity index (χ2n) is 7.41. The number of hydrogen-bond donors (Lipinski definition) is 0. The van der Waals surface area contributed by atoms with E-state index in [0.29, 0.717) is 23.1 Å². The van der Waals surface area contributed by atoms with Gasteiger partial charge in [0.15, 0.2) is 11.5 Å². The van der Waals surface area contributed by atoms with E-state index >= 15 is 0 Å². The summed E-state index contributed by atoms with van der Waals surface area (Å²) in [6, 6.07) is 7.20. The van der Waals surface area contributed by atoms with Crippen LogP contribution in [0.5, 0.6) is 5.88 Å². The SMILES string of the molecule is COc1cc(-c2cnc3c(c2)CN(c2nn4c(=O)ccnc4cc2C)CC3)c(Cl)cn1. The van der Waals surface area contributed by atoms with Gasteiger partial charge in [-0.1, -0.05) is 11.6 Å². The van der Waals surface area contributed by atoms with E-state index in [9.17, 15) is 4.79 Å². The highest BCUT2D eigenvalue weighted by atomic mass is 35.5. The van der Waals surface area contributed by atoms with Gasteiger partial charge in [0.25, 0.3) is 5.56 Å². The molecule has 156 valence electrons. The van der Waals surface area contributed by atoms with Gasteiger partial charge >= 0.3 is 0 Å². The van der Waals surface area contributed by atoms with Crippen molar-refractivity contribution in [2.24, 2.45) is 0 Å². The average Bonchev–Trinajstić information content (AvgIpc) is 2.78. The predicted octanol–water partition coefficient (Wildman–Crippen LogP) is 3.08. The summed E-state index contributed by atoms with van der Waals surface area (Å²) in [7, 11) is 1.57. The van der Waals surface area contributed by atoms with Crippen LogP contribution in [0, 0.1) is 6.92 Å². The smallest absolute Gasteiger partial charge is 0.274 e. The van der Waals surface area contributed by atoms with Crippen LogP contribution in [0.25, 0.3) is 16.8 Å². The van der Waals surface area contributed by atoms with Gasteiger partial charge < -0.3 is 9.64 Å². The van der Waals surface area contributed by atoms with Crippen LogP contribution in [-0.2, 0) is 13.0 Å². The van der Waals surface area contributed by atoms with E-state index < -0.39 is 0 Å². The van der Waals surface area contributed by atoms with Gasteiger partial charge in [-0.3, -0.25) is 9.78 Å². The number of aromatic nitrogens is 5. The van der Waals surface area contributed by atoms with Crippen LogP contribution in [-0.4, -0.2) is 38.2 Å². The Bertz CT molecular complexity index is 1370. The van der Waals surface area contributed by atoms with Crippen molar-refractivity contribution in [1.82, 2.24) is 24.6 Å². The minimum atomic E-state index is -0.200. The van der Waals surface area contributed by atoms with Crippen LogP contribution in [0.4, 0.5) is 5.82 Å². The standard InChI is InChI=1S/C22H19ClN6O2/c1-13-7-19-24-5-3-21(30)29(19)27-22(13)28-6-4-18-15(12-28)8-14(10-25-18)16-9-20(31-2)26-11-17(16)23/h3,5,7-11H,4,6,12H2,1-2H3. The number of pyridine rings is 2. The molecule has 0 amide bonds. The molecule has 0 unspecified atom stereocenters. The number of anilines is 1. The first kappa shape index (κ1) is 19.4. The van der Waals surface area contributed by atoms with Crippen molar-refractivity contribution in [2.45, 2.75) is 19.9 Å². The Morgan fingerprint density at radius 3 is 2.84 bits per heavy atom. The molecule has 4 aromatic rings. The molecule has 5 rings (SSSR count). The summed E-state index contributed by atoms with van der Waals surface area (Å²) < 4.78 is 6.58. The molecule has 9 heteroatoms. The van der Waals surface area contributed by atoms with Gasteiger partial charge in [-0.25, -0.2) is 9.97 Å². The normalized spacial score (nSPS) is 13.3. The zero-order chi connectivity index (χ0) is 21.5. The molecule has 0 atom stereocenters. The van der Waals surface area contributed by atoms with Crippen molar-refractivity contribution in [3.63, 3.8) is 0 Å². The highest BCUT2D eigenvalue weighted by Crippen LogP contribution is 2.32. The fourth-order valence-electron chi connectivity index (χ4n) is 3.87. The van der Waals surface area contributed by atoms with Crippen LogP contribution in [0.1, 0.15) is 16.8 Å². The second kappa shape index (κ2) is 7.63. The molecule has 31 heavy (non-hydrogen) atoms. The fraction of sp³-hybridized carbons (Fsp3) is 0.227. The number of aryl methyl sites for hydroxylation is 1. The predicted molar refractivity (Wildman–Crippen MR) is 118 cm³/mol. The minimum absolute atomic E-state index is 0.200. The Kier molecular flexibility index (Phi) is 4.78. The monoisotopic (exact) mass is 434 g/mol. The average molecular weight is 435 g/mol. The van der Waals surface area contributed by atoms with E-state index in [1.807, 2.05) is 19.2 Å². The van der Waals surface area contributed by atoms with Crippen LogP contribution in [0.15, 0.2) is 47.7 Å². The molecule has 1 aliphatic heterocycles. The Balaban J connectivity index is 1.53. The lowest BCUT2D eigenvalue weighted by Gasteiger charge is -2.30. The highest BCUT2D eigenvalue weighted by Gasteiger charge is 2.22. The largest absolute Gasteiger partial charge is 0.481 e. The Labute approximate surface area is 183 Å². The van der Waals surface area contributed by atoms with E-state index in [0.717, 1.165) is 46.7 Å². The first-order valence-electron chi connectivity index (χ1n) is 9.82. The van der Waals surface area contributed by atoms with Gasteiger partial charge in [0, 0.05) is 60.9 Å². The summed E-state index contributed by atoms with van der Waals surface area (Å²) >= 11 is 6.38. The third-order valence-corrected chi connectivity index (χ3v) is 5.73. The lowest BCUT2D eigenvalue weighted by Crippen LogP contribution is -2.33. The van der Waals surface area contributed by atoms with Gasteiger partial charge in [-0.05, 0) is 30.2 Å². The number of hydrogen-bond acceptors (Lipinski definition) is 7. The van der Waals surface area contributed by atoms with E-state index in [2.05, 4.69) is 31.0 Å². The Hall–Kier alpha value is -3.52. The topological polar surface area (TPSA) is 85.5 Å². The minimum Gasteiger partial charge on any atom is -0.481 e. The van der Waals surface area contributed by atoms with Gasteiger partial charge in [-0.15, -0.1) is 5.10 Å². The maximum Gasteiger partial charge on any atom is 0.274 e. The molecule has 8 nitrogen and oxygen atoms in total. The van der Waals surface area contributed by atoms with E-state index in [-0.39, 0.29) is 5.56 Å². The zero-order valence-electron chi connectivity index (χ0n) is 17.0. The third kappa shape index (κ3) is 3.48. The van der Waals surface area contributed by atoms with Gasteiger partial charge in [0.1, 0.15) is 0 Å². The number of nitrogens with zero attached hydrogens (tertiary/aromatic N) is 6. The highest BCUT2D eigenvalue weighted by molar-refractivity contribution is 6.33. The Morgan fingerprint density at radius 2 is 2.00 bits per heavy atom. The molecule has 0 aliphatic carbocycles. The molecule has 0 aromatic carbocycles. The van der Waals surface area contributed by atoms with Crippen LogP contribution < -0.4 is 15.2 Å². The van der Waals surface area contributed by atoms with Crippen molar-refractivity contribution in [3.8, 4) is 17.0 Å². The molecular weight excluding hydrogens is 416 g/mol. The van der Waals surface area contributed by atoms with Crippen molar-refractivity contribution in [2.75, 3.05) is 18.6 Å². The summed E-state index contributed by atoms with van der Waals surface area (Å²) in [5.74, 6) is 1.26. The molecule has 5 heterocycles. The number of fused-ring (bicyclic) bond motifs is 2. The maximum absolute atomic E-state index is 12.2. The molecule has 0 radical (unpaired) electrons. The van der Waals surface area contributed by atoms with Gasteiger partial charge in [0.05, 0.1) is 18.3 Å². The number of methoxy groups -OCH3 is 1. The van der Waals surface area contributed by atoms with Crippen molar-refractivity contribution < 1.29 is 4.74 Å². The molecule has 0 N–H and O–H groups in total. The second-order valence-corrected chi connectivity index (χ2v) is 7.82. The number of ether oxygens (including phenoxy) is 1. The van der Waals surface area contributed by atoms with Crippen LogP contribution in [0.3, 0.4) is 0 Å². The number of rotatable bonds is 3. The van der Waals surface area contributed by atoms with Crippen molar-refractivity contribution in [1.29, 1.82) is 0 Å². The van der Waals surface area contributed by atoms with Crippen LogP contribution >= 0.6 is 11.6 Å². The quantitative estimate of drug-likeness (QED) is 0.489. The first-order valence-corrected chi connectivity index (χ1v) is 10.2. The first-order chi connectivity index (χ1) is 15.0. The summed E-state index contributed by atoms with van der Waals surface area (Å²) in [5, 5.41) is 5.13.